The van der Waals surface area contributed by atoms with Crippen molar-refractivity contribution in [1.29, 1.82) is 0 Å². The summed E-state index contributed by atoms with van der Waals surface area (Å²) in [6.07, 6.45) is 3.89. The van der Waals surface area contributed by atoms with E-state index in [0.29, 0.717) is 38.5 Å². The number of nitrogens with one attached hydrogen (secondary N) is 1. The van der Waals surface area contributed by atoms with Crippen molar-refractivity contribution in [1.82, 2.24) is 5.32 Å². The van der Waals surface area contributed by atoms with Gasteiger partial charge in [-0.1, -0.05) is 20.8 Å². The summed E-state index contributed by atoms with van der Waals surface area (Å²) >= 11 is 0. The molecule has 0 heterocycles. The van der Waals surface area contributed by atoms with Crippen LogP contribution in [0.3, 0.4) is 0 Å². The maximum absolute atomic E-state index is 12.2. The van der Waals surface area contributed by atoms with E-state index in [1.54, 1.807) is 0 Å². The third kappa shape index (κ3) is 5.54. The van der Waals surface area contributed by atoms with Gasteiger partial charge in [-0.05, 0) is 97.7 Å². The molecule has 4 aliphatic carbocycles. The molecule has 1 amide bonds. The lowest BCUT2D eigenvalue weighted by Crippen LogP contribution is -2.62. The molecule has 0 spiro atoms. The van der Waals surface area contributed by atoms with Crippen molar-refractivity contribution in [2.24, 2.45) is 46.3 Å². The van der Waals surface area contributed by atoms with Gasteiger partial charge in [-0.25, -0.2) is 0 Å². The summed E-state index contributed by atoms with van der Waals surface area (Å²) in [5, 5.41) is 24.8. The molecular weight excluding hydrogens is 534 g/mol. The molecule has 0 aromatic heterocycles. The number of aliphatic hydroxyl groups excluding tert-OH is 2. The zero-order valence-corrected chi connectivity index (χ0v) is 24.3. The van der Waals surface area contributed by atoms with Gasteiger partial charge in [-0.2, -0.15) is 16.8 Å². The lowest BCUT2D eigenvalue weighted by Gasteiger charge is -2.63. The minimum Gasteiger partial charge on any atom is -0.393 e. The van der Waals surface area contributed by atoms with Crippen molar-refractivity contribution in [3.05, 3.63) is 0 Å². The van der Waals surface area contributed by atoms with Crippen LogP contribution in [0.2, 0.25) is 0 Å². The molecule has 0 saturated heterocycles. The highest BCUT2D eigenvalue weighted by Crippen LogP contribution is 2.68. The average molecular weight is 580 g/mol. The van der Waals surface area contributed by atoms with Gasteiger partial charge >= 0.3 is 0 Å². The number of amides is 1. The highest BCUT2D eigenvalue weighted by molar-refractivity contribution is 7.86. The fourth-order valence-corrected chi connectivity index (χ4v) is 10.6. The van der Waals surface area contributed by atoms with Crippen molar-refractivity contribution < 1.29 is 40.9 Å². The average Bonchev–Trinajstić information content (AvgIpc) is 3.15. The van der Waals surface area contributed by atoms with Gasteiger partial charge in [0.1, 0.15) is 0 Å². The molecule has 0 aliphatic heterocycles. The molecule has 4 saturated carbocycles. The van der Waals surface area contributed by atoms with Crippen LogP contribution in [-0.4, -0.2) is 71.8 Å². The van der Waals surface area contributed by atoms with Crippen LogP contribution in [-0.2, 0) is 25.0 Å². The third-order valence-electron chi connectivity index (χ3n) is 11.4. The summed E-state index contributed by atoms with van der Waals surface area (Å²) in [6.45, 7) is 6.27. The van der Waals surface area contributed by atoms with E-state index < -0.39 is 48.9 Å². The fraction of sp³-hybridized carbons (Fsp3) is 0.962. The Kier molecular flexibility index (Phi) is 8.38. The third-order valence-corrected chi connectivity index (χ3v) is 13.4. The second-order valence-corrected chi connectivity index (χ2v) is 16.4. The first-order valence-electron chi connectivity index (χ1n) is 14.0. The highest BCUT2D eigenvalue weighted by Gasteiger charge is 2.66. The van der Waals surface area contributed by atoms with Gasteiger partial charge in [0.05, 0.1) is 23.2 Å². The van der Waals surface area contributed by atoms with E-state index in [9.17, 15) is 36.4 Å². The minimum absolute atomic E-state index is 0.0212. The monoisotopic (exact) mass is 579 g/mol. The van der Waals surface area contributed by atoms with Gasteiger partial charge in [0, 0.05) is 13.0 Å². The SMILES string of the molecule is C[C@H](CCC(=O)NCCS(=O)(=O)O)[C@H]1CC[C@H]2[C@@H]3[C@H](O)C[C@@H]4C[C@H](S(=O)(=O)O)CC[C@]4(C)[C@H]3C[C@@H](O)[C@]12C. The number of hydrogen-bond acceptors (Lipinski definition) is 7. The van der Waals surface area contributed by atoms with E-state index in [4.69, 9.17) is 4.55 Å². The zero-order chi connectivity index (χ0) is 28.3. The van der Waals surface area contributed by atoms with Crippen molar-refractivity contribution in [2.45, 2.75) is 96.0 Å². The maximum Gasteiger partial charge on any atom is 0.267 e. The molecule has 0 aromatic rings. The first kappa shape index (κ1) is 30.2. The van der Waals surface area contributed by atoms with Crippen LogP contribution in [0.4, 0.5) is 0 Å². The summed E-state index contributed by atoms with van der Waals surface area (Å²) in [7, 11) is -8.25. The summed E-state index contributed by atoms with van der Waals surface area (Å²) in [5.74, 6) is -0.288. The molecular formula is C26H45NO9S2. The van der Waals surface area contributed by atoms with Crippen molar-refractivity contribution >= 4 is 26.1 Å². The molecule has 10 nitrogen and oxygen atoms in total. The number of aliphatic hydroxyl groups is 2. The lowest BCUT2D eigenvalue weighted by atomic mass is 9.43. The van der Waals surface area contributed by atoms with Crippen LogP contribution < -0.4 is 5.32 Å². The van der Waals surface area contributed by atoms with Gasteiger partial charge < -0.3 is 15.5 Å². The topological polar surface area (TPSA) is 178 Å². The van der Waals surface area contributed by atoms with Crippen LogP contribution in [0.25, 0.3) is 0 Å². The Labute approximate surface area is 226 Å². The Bertz CT molecular complexity index is 1110. The van der Waals surface area contributed by atoms with Crippen LogP contribution in [0.15, 0.2) is 0 Å². The molecule has 0 bridgehead atoms. The van der Waals surface area contributed by atoms with E-state index in [0.717, 1.165) is 12.8 Å². The molecule has 11 atom stereocenters. The number of rotatable bonds is 8. The predicted molar refractivity (Wildman–Crippen MR) is 141 cm³/mol. The summed E-state index contributed by atoms with van der Waals surface area (Å²) in [6, 6.07) is 0. The van der Waals surface area contributed by atoms with Gasteiger partial charge in [0.2, 0.25) is 5.91 Å². The smallest absolute Gasteiger partial charge is 0.267 e. The van der Waals surface area contributed by atoms with E-state index in [-0.39, 0.29) is 59.8 Å². The molecule has 38 heavy (non-hydrogen) atoms. The second-order valence-electron chi connectivity index (χ2n) is 13.2. The summed E-state index contributed by atoms with van der Waals surface area (Å²) in [4.78, 5) is 12.2. The number of carbonyl (C=O) groups is 1. The Morgan fingerprint density at radius 3 is 2.32 bits per heavy atom. The quantitative estimate of drug-likeness (QED) is 0.270. The molecule has 4 fully saturated rings. The standard InChI is InChI=1S/C26H45NO9S2/c1-15(4-7-23(30)27-10-11-37(31,32)33)18-5-6-19-24-20(14-22(29)26(18,19)3)25(2)9-8-17(38(34,35)36)12-16(25)13-21(24)28/h15-22,24,28-29H,4-14H2,1-3H3,(H,27,30)(H,31,32,33)(H,34,35,36)/t15-,16+,17-,18-,19+,20+,21-,22-,24+,25+,26-/m1/s1. The van der Waals surface area contributed by atoms with E-state index in [1.165, 1.54) is 0 Å². The molecule has 4 rings (SSSR count). The minimum atomic E-state index is -4.13. The van der Waals surface area contributed by atoms with Gasteiger partial charge in [-0.15, -0.1) is 0 Å². The Hall–Kier alpha value is -0.790. The number of carbonyl (C=O) groups excluding carboxylic acids is 1. The fourth-order valence-electron chi connectivity index (χ4n) is 9.35. The van der Waals surface area contributed by atoms with Crippen molar-refractivity contribution in [3.8, 4) is 0 Å². The van der Waals surface area contributed by atoms with Crippen LogP contribution in [0, 0.1) is 46.3 Å². The molecule has 12 heteroatoms. The first-order chi connectivity index (χ1) is 17.5. The highest BCUT2D eigenvalue weighted by atomic mass is 32.2. The van der Waals surface area contributed by atoms with Gasteiger partial charge in [0.25, 0.3) is 20.2 Å². The first-order valence-corrected chi connectivity index (χ1v) is 17.1. The molecule has 0 aromatic carbocycles. The van der Waals surface area contributed by atoms with Crippen LogP contribution >= 0.6 is 0 Å². The number of fused-ring (bicyclic) bond motifs is 5. The summed E-state index contributed by atoms with van der Waals surface area (Å²) in [5.41, 5.74) is -0.602. The second kappa shape index (κ2) is 10.6. The van der Waals surface area contributed by atoms with E-state index >= 15 is 0 Å². The van der Waals surface area contributed by atoms with Gasteiger partial charge in [-0.3, -0.25) is 13.9 Å². The summed E-state index contributed by atoms with van der Waals surface area (Å²) < 4.78 is 63.9. The Balaban J connectivity index is 1.45. The largest absolute Gasteiger partial charge is 0.393 e. The lowest BCUT2D eigenvalue weighted by molar-refractivity contribution is -0.201. The molecule has 0 radical (unpaired) electrons. The molecule has 5 N–H and O–H groups in total. The normalized spacial score (nSPS) is 44.0. The van der Waals surface area contributed by atoms with Crippen LogP contribution in [0.5, 0.6) is 0 Å². The van der Waals surface area contributed by atoms with Crippen molar-refractivity contribution in [3.63, 3.8) is 0 Å². The molecule has 220 valence electrons. The molecule has 4 aliphatic rings. The van der Waals surface area contributed by atoms with E-state index in [1.807, 2.05) is 0 Å². The van der Waals surface area contributed by atoms with E-state index in [2.05, 4.69) is 26.1 Å². The Morgan fingerprint density at radius 2 is 1.68 bits per heavy atom. The maximum atomic E-state index is 12.2. The number of hydrogen-bond donors (Lipinski definition) is 5. The predicted octanol–water partition coefficient (Wildman–Crippen LogP) is 2.26. The van der Waals surface area contributed by atoms with Crippen LogP contribution in [0.1, 0.15) is 78.6 Å². The van der Waals surface area contributed by atoms with Crippen molar-refractivity contribution in [2.75, 3.05) is 12.3 Å². The Morgan fingerprint density at radius 1 is 1.00 bits per heavy atom. The zero-order valence-electron chi connectivity index (χ0n) is 22.6. The van der Waals surface area contributed by atoms with Gasteiger partial charge in [0.15, 0.2) is 0 Å². The molecule has 0 unspecified atom stereocenters.